The van der Waals surface area contributed by atoms with E-state index < -0.39 is 5.91 Å². The predicted molar refractivity (Wildman–Crippen MR) is 94.9 cm³/mol. The van der Waals surface area contributed by atoms with Crippen LogP contribution in [0.15, 0.2) is 56.9 Å². The summed E-state index contributed by atoms with van der Waals surface area (Å²) < 4.78 is 5.56. The van der Waals surface area contributed by atoms with E-state index in [2.05, 4.69) is 31.5 Å². The molecule has 0 radical (unpaired) electrons. The number of halogens is 1. The van der Waals surface area contributed by atoms with Crippen molar-refractivity contribution in [2.45, 2.75) is 0 Å². The molecule has 8 heteroatoms. The summed E-state index contributed by atoms with van der Waals surface area (Å²) in [6, 6.07) is 12.8. The highest BCUT2D eigenvalue weighted by atomic mass is 79.9. The van der Waals surface area contributed by atoms with Gasteiger partial charge >= 0.3 is 0 Å². The minimum atomic E-state index is -0.458. The van der Waals surface area contributed by atoms with Gasteiger partial charge in [-0.05, 0) is 28.1 Å². The van der Waals surface area contributed by atoms with Crippen LogP contribution in [0.3, 0.4) is 0 Å². The van der Waals surface area contributed by atoms with Crippen LogP contribution in [0.4, 0.5) is 5.13 Å². The topological polar surface area (TPSA) is 84.2 Å². The lowest BCUT2D eigenvalue weighted by Crippen LogP contribution is -2.32. The van der Waals surface area contributed by atoms with E-state index >= 15 is 0 Å². The lowest BCUT2D eigenvalue weighted by atomic mass is 10.2. The molecule has 0 spiro atoms. The number of hydrogen-bond acceptors (Lipinski definition) is 5. The second-order valence-corrected chi connectivity index (χ2v) is 6.38. The highest BCUT2D eigenvalue weighted by molar-refractivity contribution is 9.10. The van der Waals surface area contributed by atoms with Gasteiger partial charge in [0.2, 0.25) is 5.91 Å². The molecule has 0 fully saturated rings. The smallest absolute Gasteiger partial charge is 0.287 e. The average Bonchev–Trinajstić information content (AvgIpc) is 3.23. The highest BCUT2D eigenvalue weighted by Crippen LogP contribution is 2.24. The van der Waals surface area contributed by atoms with E-state index in [-0.39, 0.29) is 18.2 Å². The molecule has 0 bridgehead atoms. The van der Waals surface area contributed by atoms with E-state index in [1.54, 1.807) is 6.07 Å². The highest BCUT2D eigenvalue weighted by Gasteiger charge is 2.13. The van der Waals surface area contributed by atoms with Crippen molar-refractivity contribution in [1.29, 1.82) is 0 Å². The number of benzene rings is 1. The fourth-order valence-corrected chi connectivity index (χ4v) is 2.96. The quantitative estimate of drug-likeness (QED) is 0.679. The number of thiazole rings is 1. The second-order valence-electron chi connectivity index (χ2n) is 4.74. The minimum Gasteiger partial charge on any atom is -0.444 e. The summed E-state index contributed by atoms with van der Waals surface area (Å²) in [5.41, 5.74) is 1.77. The Kier molecular flexibility index (Phi) is 5.07. The SMILES string of the molecule is O=C(CNC(=O)c1ccc(Br)o1)Nc1nc(-c2ccccc2)cs1. The third-order valence-corrected chi connectivity index (χ3v) is 4.21. The third kappa shape index (κ3) is 4.09. The van der Waals surface area contributed by atoms with Gasteiger partial charge in [0.15, 0.2) is 15.6 Å². The zero-order chi connectivity index (χ0) is 16.9. The Morgan fingerprint density at radius 1 is 1.17 bits per heavy atom. The van der Waals surface area contributed by atoms with Crippen molar-refractivity contribution in [2.24, 2.45) is 0 Å². The van der Waals surface area contributed by atoms with E-state index in [1.165, 1.54) is 17.4 Å². The summed E-state index contributed by atoms with van der Waals surface area (Å²) in [6.45, 7) is -0.169. The molecule has 2 heterocycles. The fraction of sp³-hybridized carbons (Fsp3) is 0.0625. The Bertz CT molecular complexity index is 860. The van der Waals surface area contributed by atoms with E-state index in [0.717, 1.165) is 11.3 Å². The first kappa shape index (κ1) is 16.4. The van der Waals surface area contributed by atoms with Crippen molar-refractivity contribution in [3.63, 3.8) is 0 Å². The Labute approximate surface area is 150 Å². The van der Waals surface area contributed by atoms with Crippen LogP contribution in [0.1, 0.15) is 10.6 Å². The van der Waals surface area contributed by atoms with Gasteiger partial charge in [0.25, 0.3) is 5.91 Å². The normalized spacial score (nSPS) is 10.4. The number of hydrogen-bond donors (Lipinski definition) is 2. The van der Waals surface area contributed by atoms with Gasteiger partial charge in [-0.25, -0.2) is 4.98 Å². The van der Waals surface area contributed by atoms with Crippen molar-refractivity contribution in [1.82, 2.24) is 10.3 Å². The number of furan rings is 1. The lowest BCUT2D eigenvalue weighted by Gasteiger charge is -2.03. The molecule has 122 valence electrons. The van der Waals surface area contributed by atoms with E-state index in [1.807, 2.05) is 35.7 Å². The summed E-state index contributed by atoms with van der Waals surface area (Å²) in [5, 5.41) is 7.49. The molecule has 2 N–H and O–H groups in total. The molecule has 0 saturated heterocycles. The number of nitrogens with one attached hydrogen (secondary N) is 2. The van der Waals surface area contributed by atoms with Crippen LogP contribution in [-0.4, -0.2) is 23.3 Å². The van der Waals surface area contributed by atoms with Gasteiger partial charge in [0.1, 0.15) is 0 Å². The molecule has 0 aliphatic carbocycles. The summed E-state index contributed by atoms with van der Waals surface area (Å²) in [7, 11) is 0. The monoisotopic (exact) mass is 405 g/mol. The number of amides is 2. The number of anilines is 1. The molecule has 0 aliphatic heterocycles. The zero-order valence-corrected chi connectivity index (χ0v) is 14.7. The molecule has 0 unspecified atom stereocenters. The maximum atomic E-state index is 11.9. The first-order valence-electron chi connectivity index (χ1n) is 6.96. The molecule has 6 nitrogen and oxygen atoms in total. The maximum absolute atomic E-state index is 11.9. The van der Waals surface area contributed by atoms with Crippen molar-refractivity contribution >= 4 is 44.2 Å². The van der Waals surface area contributed by atoms with Crippen LogP contribution < -0.4 is 10.6 Å². The van der Waals surface area contributed by atoms with Gasteiger partial charge in [-0.15, -0.1) is 11.3 Å². The molecule has 0 aliphatic rings. The molecule has 3 rings (SSSR count). The number of carbonyl (C=O) groups is 2. The van der Waals surface area contributed by atoms with Crippen LogP contribution in [-0.2, 0) is 4.79 Å². The molecule has 0 atom stereocenters. The van der Waals surface area contributed by atoms with E-state index in [0.29, 0.717) is 9.80 Å². The summed E-state index contributed by atoms with van der Waals surface area (Å²) >= 11 is 4.44. The van der Waals surface area contributed by atoms with Gasteiger partial charge in [0, 0.05) is 10.9 Å². The number of nitrogens with zero attached hydrogens (tertiary/aromatic N) is 1. The Hall–Kier alpha value is -2.45. The molecule has 24 heavy (non-hydrogen) atoms. The first-order valence-corrected chi connectivity index (χ1v) is 8.63. The lowest BCUT2D eigenvalue weighted by molar-refractivity contribution is -0.115. The fourth-order valence-electron chi connectivity index (χ4n) is 1.92. The third-order valence-electron chi connectivity index (χ3n) is 3.03. The number of aromatic nitrogens is 1. The first-order chi connectivity index (χ1) is 11.6. The Morgan fingerprint density at radius 2 is 1.96 bits per heavy atom. The largest absolute Gasteiger partial charge is 0.444 e. The molecular formula is C16H12BrN3O3S. The van der Waals surface area contributed by atoms with E-state index in [9.17, 15) is 9.59 Å². The summed E-state index contributed by atoms with van der Waals surface area (Å²) in [6.07, 6.45) is 0. The molecule has 3 aromatic rings. The van der Waals surface area contributed by atoms with Gasteiger partial charge in [-0.2, -0.15) is 0 Å². The van der Waals surface area contributed by atoms with Crippen LogP contribution >= 0.6 is 27.3 Å². The van der Waals surface area contributed by atoms with Crippen LogP contribution in [0, 0.1) is 0 Å². The minimum absolute atomic E-state index is 0.135. The standard InChI is InChI=1S/C16H12BrN3O3S/c17-13-7-6-12(23-13)15(22)18-8-14(21)20-16-19-11(9-24-16)10-4-2-1-3-5-10/h1-7,9H,8H2,(H,18,22)(H,19,20,21). The van der Waals surface area contributed by atoms with Crippen LogP contribution in [0.5, 0.6) is 0 Å². The average molecular weight is 406 g/mol. The van der Waals surface area contributed by atoms with Gasteiger partial charge in [0.05, 0.1) is 12.2 Å². The Morgan fingerprint density at radius 3 is 2.67 bits per heavy atom. The summed E-state index contributed by atoms with van der Waals surface area (Å²) in [5.74, 6) is -0.682. The Balaban J connectivity index is 1.54. The number of rotatable bonds is 5. The molecule has 2 aromatic heterocycles. The molecule has 0 saturated carbocycles. The van der Waals surface area contributed by atoms with E-state index in [4.69, 9.17) is 4.42 Å². The van der Waals surface area contributed by atoms with Crippen molar-refractivity contribution in [3.8, 4) is 11.3 Å². The molecular weight excluding hydrogens is 394 g/mol. The van der Waals surface area contributed by atoms with Crippen LogP contribution in [0.25, 0.3) is 11.3 Å². The number of carbonyl (C=O) groups excluding carboxylic acids is 2. The zero-order valence-electron chi connectivity index (χ0n) is 12.3. The van der Waals surface area contributed by atoms with Crippen molar-refractivity contribution < 1.29 is 14.0 Å². The van der Waals surface area contributed by atoms with Crippen molar-refractivity contribution in [2.75, 3.05) is 11.9 Å². The molecule has 2 amide bonds. The second kappa shape index (κ2) is 7.41. The maximum Gasteiger partial charge on any atom is 0.287 e. The van der Waals surface area contributed by atoms with Crippen molar-refractivity contribution in [3.05, 3.63) is 58.3 Å². The predicted octanol–water partition coefficient (Wildman–Crippen LogP) is 3.53. The van der Waals surface area contributed by atoms with Gasteiger partial charge < -0.3 is 15.1 Å². The van der Waals surface area contributed by atoms with Gasteiger partial charge in [-0.1, -0.05) is 30.3 Å². The van der Waals surface area contributed by atoms with Gasteiger partial charge in [-0.3, -0.25) is 9.59 Å². The van der Waals surface area contributed by atoms with Crippen LogP contribution in [0.2, 0.25) is 0 Å². The molecule has 1 aromatic carbocycles. The summed E-state index contributed by atoms with van der Waals surface area (Å²) in [4.78, 5) is 28.0.